The number of thioether (sulfide) groups is 1. The van der Waals surface area contributed by atoms with Crippen molar-refractivity contribution in [1.29, 1.82) is 0 Å². The van der Waals surface area contributed by atoms with Crippen LogP contribution < -0.4 is 0 Å². The molecule has 0 radical (unpaired) electrons. The zero-order valence-corrected chi connectivity index (χ0v) is 9.55. The molecule has 15 heavy (non-hydrogen) atoms. The predicted molar refractivity (Wildman–Crippen MR) is 59.5 cm³/mol. The minimum absolute atomic E-state index is 0.151. The van der Waals surface area contributed by atoms with Crippen LogP contribution in [0.5, 0.6) is 0 Å². The van der Waals surface area contributed by atoms with Crippen LogP contribution in [0.15, 0.2) is 18.2 Å². The van der Waals surface area contributed by atoms with Crippen LogP contribution in [0.1, 0.15) is 10.5 Å². The summed E-state index contributed by atoms with van der Waals surface area (Å²) in [5, 5.41) is 0. The van der Waals surface area contributed by atoms with E-state index in [0.717, 1.165) is 5.75 Å². The summed E-state index contributed by atoms with van der Waals surface area (Å²) >= 11 is 1.66. The molecule has 3 nitrogen and oxygen atoms in total. The van der Waals surface area contributed by atoms with Gasteiger partial charge in [0.05, 0.1) is 0 Å². The van der Waals surface area contributed by atoms with E-state index in [-0.39, 0.29) is 11.6 Å². The Morgan fingerprint density at radius 3 is 2.93 bits per heavy atom. The van der Waals surface area contributed by atoms with Crippen LogP contribution in [0.4, 0.5) is 4.39 Å². The lowest BCUT2D eigenvalue weighted by Gasteiger charge is -2.15. The molecule has 0 N–H and O–H groups in total. The number of carbonyl (C=O) groups is 1. The van der Waals surface area contributed by atoms with Gasteiger partial charge in [-0.3, -0.25) is 4.79 Å². The lowest BCUT2D eigenvalue weighted by molar-refractivity contribution is 0.0797. The number of nitrogens with zero attached hydrogens (tertiary/aromatic N) is 2. The Morgan fingerprint density at radius 1 is 1.60 bits per heavy atom. The summed E-state index contributed by atoms with van der Waals surface area (Å²) in [5.41, 5.74) is 0.151. The predicted octanol–water partition coefficient (Wildman–Crippen LogP) is 1.66. The molecule has 1 heterocycles. The summed E-state index contributed by atoms with van der Waals surface area (Å²) in [4.78, 5) is 16.8. The van der Waals surface area contributed by atoms with E-state index in [0.29, 0.717) is 6.54 Å². The Labute approximate surface area is 92.7 Å². The molecule has 1 amide bonds. The second-order valence-corrected chi connectivity index (χ2v) is 4.05. The number of pyridine rings is 1. The summed E-state index contributed by atoms with van der Waals surface area (Å²) in [6.07, 6.45) is 1.97. The third kappa shape index (κ3) is 3.51. The molecule has 0 unspecified atom stereocenters. The van der Waals surface area contributed by atoms with Gasteiger partial charge in [0.1, 0.15) is 5.69 Å². The fourth-order valence-electron chi connectivity index (χ4n) is 1.05. The second kappa shape index (κ2) is 5.70. The highest BCUT2D eigenvalue weighted by Crippen LogP contribution is 2.03. The van der Waals surface area contributed by atoms with Crippen molar-refractivity contribution in [2.24, 2.45) is 0 Å². The molecular weight excluding hydrogens is 215 g/mol. The maximum absolute atomic E-state index is 12.8. The quantitative estimate of drug-likeness (QED) is 0.735. The van der Waals surface area contributed by atoms with E-state index in [4.69, 9.17) is 0 Å². The molecule has 5 heteroatoms. The van der Waals surface area contributed by atoms with Crippen molar-refractivity contribution < 1.29 is 9.18 Å². The summed E-state index contributed by atoms with van der Waals surface area (Å²) in [6, 6.07) is 4.22. The number of carbonyl (C=O) groups excluding carboxylic acids is 1. The van der Waals surface area contributed by atoms with Crippen LogP contribution in [0.3, 0.4) is 0 Å². The summed E-state index contributed by atoms with van der Waals surface area (Å²) in [5.74, 6) is -0.0138. The maximum atomic E-state index is 12.8. The van der Waals surface area contributed by atoms with E-state index in [1.807, 2.05) is 6.26 Å². The van der Waals surface area contributed by atoms with Crippen LogP contribution in [0, 0.1) is 5.95 Å². The van der Waals surface area contributed by atoms with E-state index in [1.165, 1.54) is 23.1 Å². The Balaban J connectivity index is 2.67. The van der Waals surface area contributed by atoms with Crippen LogP contribution in [0.2, 0.25) is 0 Å². The third-order valence-corrected chi connectivity index (χ3v) is 2.50. The highest BCUT2D eigenvalue weighted by atomic mass is 32.2. The molecular formula is C10H13FN2OS. The SMILES string of the molecule is CSCCN(C)C(=O)c1cccc(F)n1. The summed E-state index contributed by atoms with van der Waals surface area (Å²) < 4.78 is 12.8. The molecule has 1 aromatic heterocycles. The monoisotopic (exact) mass is 228 g/mol. The van der Waals surface area contributed by atoms with Gasteiger partial charge in [-0.1, -0.05) is 6.07 Å². The molecule has 0 aliphatic rings. The summed E-state index contributed by atoms with van der Waals surface area (Å²) in [7, 11) is 1.69. The number of halogens is 1. The molecule has 1 rings (SSSR count). The van der Waals surface area contributed by atoms with Crippen LogP contribution >= 0.6 is 11.8 Å². The first-order valence-electron chi connectivity index (χ1n) is 4.52. The first-order chi connectivity index (χ1) is 7.15. The van der Waals surface area contributed by atoms with Crippen molar-refractivity contribution in [1.82, 2.24) is 9.88 Å². The zero-order valence-electron chi connectivity index (χ0n) is 8.74. The van der Waals surface area contributed by atoms with Crippen molar-refractivity contribution >= 4 is 17.7 Å². The van der Waals surface area contributed by atoms with Crippen molar-refractivity contribution in [2.75, 3.05) is 25.6 Å². The largest absolute Gasteiger partial charge is 0.340 e. The average molecular weight is 228 g/mol. The van der Waals surface area contributed by atoms with Crippen molar-refractivity contribution in [3.05, 3.63) is 29.8 Å². The van der Waals surface area contributed by atoms with Gasteiger partial charge in [-0.15, -0.1) is 0 Å². The van der Waals surface area contributed by atoms with Gasteiger partial charge in [-0.05, 0) is 18.4 Å². The van der Waals surface area contributed by atoms with Gasteiger partial charge in [-0.2, -0.15) is 16.2 Å². The first kappa shape index (κ1) is 12.0. The molecule has 0 saturated carbocycles. The highest BCUT2D eigenvalue weighted by molar-refractivity contribution is 7.98. The van der Waals surface area contributed by atoms with Gasteiger partial charge in [0.25, 0.3) is 5.91 Å². The van der Waals surface area contributed by atoms with Gasteiger partial charge in [0.2, 0.25) is 5.95 Å². The Kier molecular flexibility index (Phi) is 4.55. The van der Waals surface area contributed by atoms with Gasteiger partial charge in [0, 0.05) is 19.3 Å². The zero-order chi connectivity index (χ0) is 11.3. The molecule has 0 bridgehead atoms. The Bertz CT molecular complexity index is 346. The summed E-state index contributed by atoms with van der Waals surface area (Å²) in [6.45, 7) is 0.637. The highest BCUT2D eigenvalue weighted by Gasteiger charge is 2.12. The lowest BCUT2D eigenvalue weighted by atomic mass is 10.3. The molecule has 0 atom stereocenters. The number of hydrogen-bond acceptors (Lipinski definition) is 3. The minimum atomic E-state index is -0.626. The van der Waals surface area contributed by atoms with Crippen LogP contribution in [0.25, 0.3) is 0 Å². The lowest BCUT2D eigenvalue weighted by Crippen LogP contribution is -2.29. The molecule has 0 aromatic carbocycles. The fourth-order valence-corrected chi connectivity index (χ4v) is 1.51. The number of aromatic nitrogens is 1. The number of amides is 1. The van der Waals surface area contributed by atoms with E-state index in [1.54, 1.807) is 18.8 Å². The molecule has 0 saturated heterocycles. The number of hydrogen-bond donors (Lipinski definition) is 0. The standard InChI is InChI=1S/C10H13FN2OS/c1-13(6-7-15-2)10(14)8-4-3-5-9(11)12-8/h3-5H,6-7H2,1-2H3. The van der Waals surface area contributed by atoms with Crippen molar-refractivity contribution in [3.8, 4) is 0 Å². The number of rotatable bonds is 4. The van der Waals surface area contributed by atoms with Crippen molar-refractivity contribution in [3.63, 3.8) is 0 Å². The third-order valence-electron chi connectivity index (χ3n) is 1.91. The molecule has 0 spiro atoms. The average Bonchev–Trinajstić information content (AvgIpc) is 2.24. The Morgan fingerprint density at radius 2 is 2.33 bits per heavy atom. The van der Waals surface area contributed by atoms with Crippen LogP contribution in [-0.2, 0) is 0 Å². The van der Waals surface area contributed by atoms with Gasteiger partial charge < -0.3 is 4.90 Å². The molecule has 82 valence electrons. The van der Waals surface area contributed by atoms with E-state index in [2.05, 4.69) is 4.98 Å². The van der Waals surface area contributed by atoms with E-state index in [9.17, 15) is 9.18 Å². The topological polar surface area (TPSA) is 33.2 Å². The minimum Gasteiger partial charge on any atom is -0.340 e. The van der Waals surface area contributed by atoms with Crippen molar-refractivity contribution in [2.45, 2.75) is 0 Å². The maximum Gasteiger partial charge on any atom is 0.272 e. The van der Waals surface area contributed by atoms with Gasteiger partial charge in [-0.25, -0.2) is 4.98 Å². The molecule has 0 aliphatic heterocycles. The Hall–Kier alpha value is -1.10. The van der Waals surface area contributed by atoms with Gasteiger partial charge >= 0.3 is 0 Å². The van der Waals surface area contributed by atoms with Crippen LogP contribution in [-0.4, -0.2) is 41.4 Å². The van der Waals surface area contributed by atoms with E-state index >= 15 is 0 Å². The smallest absolute Gasteiger partial charge is 0.272 e. The first-order valence-corrected chi connectivity index (χ1v) is 5.91. The molecule has 0 aliphatic carbocycles. The fraction of sp³-hybridized carbons (Fsp3) is 0.400. The second-order valence-electron chi connectivity index (χ2n) is 3.07. The van der Waals surface area contributed by atoms with E-state index < -0.39 is 5.95 Å². The molecule has 0 fully saturated rings. The van der Waals surface area contributed by atoms with Gasteiger partial charge in [0.15, 0.2) is 0 Å². The molecule has 1 aromatic rings. The normalized spacial score (nSPS) is 10.1.